The van der Waals surface area contributed by atoms with E-state index in [1.54, 1.807) is 0 Å². The molecule has 2 atom stereocenters. The van der Waals surface area contributed by atoms with Crippen LogP contribution in [0.2, 0.25) is 0 Å². The smallest absolute Gasteiger partial charge is 0.340 e. The van der Waals surface area contributed by atoms with Gasteiger partial charge in [-0.3, -0.25) is 11.1 Å². The van der Waals surface area contributed by atoms with Gasteiger partial charge in [0, 0.05) is 39.5 Å². The minimum absolute atomic E-state index is 0. The van der Waals surface area contributed by atoms with E-state index >= 15 is 0 Å². The summed E-state index contributed by atoms with van der Waals surface area (Å²) in [5.41, 5.74) is 0. The van der Waals surface area contributed by atoms with E-state index in [-0.39, 0.29) is 78.6 Å². The average molecular weight is 861 g/mol. The van der Waals surface area contributed by atoms with E-state index in [1.165, 1.54) is 0 Å². The van der Waals surface area contributed by atoms with Gasteiger partial charge >= 0.3 is 73.8 Å². The average Bonchev–Trinajstić information content (AvgIpc) is 1.93. The number of rotatable bonds is 7. The number of carbonyl (C=O) groups is 1. The molecule has 2 unspecified atom stereocenters. The van der Waals surface area contributed by atoms with Crippen molar-refractivity contribution in [3.63, 3.8) is 0 Å². The molecule has 0 saturated heterocycles. The molecule has 0 aliphatic carbocycles. The van der Waals surface area contributed by atoms with Crippen molar-refractivity contribution in [1.29, 1.82) is 0 Å². The summed E-state index contributed by atoms with van der Waals surface area (Å²) in [6.45, 7) is 3.88. The van der Waals surface area contributed by atoms with Crippen molar-refractivity contribution in [2.45, 2.75) is 6.92 Å². The molecule has 0 aromatic heterocycles. The van der Waals surface area contributed by atoms with Crippen LogP contribution in [0.3, 0.4) is 0 Å². The van der Waals surface area contributed by atoms with Crippen LogP contribution in [0, 0.1) is 6.54 Å². The van der Waals surface area contributed by atoms with E-state index in [1.807, 2.05) is 0 Å². The number of likely N-dealkylation sites (N-methyl/N-ethyl adjacent to an activating group) is 1. The maximum Gasteiger partial charge on any atom is 1.00 e. The Morgan fingerprint density at radius 2 is 1.52 bits per heavy atom. The second kappa shape index (κ2) is 11.1. The van der Waals surface area contributed by atoms with Crippen LogP contribution in [0.25, 0.3) is 0 Å². The van der Waals surface area contributed by atoms with Gasteiger partial charge in [0.15, 0.2) is 0 Å². The van der Waals surface area contributed by atoms with Crippen LogP contribution in [0.4, 0.5) is 0 Å². The summed E-state index contributed by atoms with van der Waals surface area (Å²) < 4.78 is 42.7. The van der Waals surface area contributed by atoms with E-state index in [0.717, 1.165) is 27.3 Å². The molecule has 0 heterocycles. The molecule has 0 aromatic carbocycles. The third kappa shape index (κ3) is 14.8. The summed E-state index contributed by atoms with van der Waals surface area (Å²) in [5, 5.41) is 0. The fraction of sp³-hybridized carbons (Fsp3) is 0.667. The number of hydrogen-bond acceptors (Lipinski definition) is 6. The van der Waals surface area contributed by atoms with Crippen LogP contribution in [-0.2, 0) is 47.5 Å². The molecule has 0 rings (SSSR count). The summed E-state index contributed by atoms with van der Waals surface area (Å²) in [5.74, 6) is -0.569. The van der Waals surface area contributed by atoms with Crippen molar-refractivity contribution in [2.24, 2.45) is 0 Å². The molecule has 21 heavy (non-hydrogen) atoms. The summed E-state index contributed by atoms with van der Waals surface area (Å²) in [6, 6.07) is 0. The van der Waals surface area contributed by atoms with Crippen LogP contribution >= 0.6 is 22.9 Å². The molecule has 0 aromatic rings. The SMILES string of the molecule is CC(=O)[CH-]N(C)P(=O)(O)OP(=O)(O)OP(C)(C)=O.[Rb+].[Re].[Rf]. The number of carbonyl (C=O) groups excluding carboxylic acids is 1. The summed E-state index contributed by atoms with van der Waals surface area (Å²) in [7, 11) is -12.1. The summed E-state index contributed by atoms with van der Waals surface area (Å²) in [4.78, 5) is 29.2. The number of Topliss-reactive ketones (excluding diaryl/α,β-unsaturated/α-hetero) is 1. The zero-order chi connectivity index (χ0) is 14.8. The molecule has 0 aliphatic heterocycles. The molecule has 15 heteroatoms. The molecular formula is C6H15NO8P3RbReRf. The Kier molecular flexibility index (Phi) is 16.1. The van der Waals surface area contributed by atoms with E-state index < -0.39 is 28.7 Å². The maximum atomic E-state index is 11.5. The minimum Gasteiger partial charge on any atom is -0.340 e. The first kappa shape index (κ1) is 30.4. The molecule has 0 amide bonds. The van der Waals surface area contributed by atoms with E-state index in [0.29, 0.717) is 11.2 Å². The largest absolute Gasteiger partial charge is 1.00 e. The molecule has 0 aliphatic rings. The normalized spacial score (nSPS) is 16.3. The molecule has 117 valence electrons. The summed E-state index contributed by atoms with van der Waals surface area (Å²) in [6.07, 6.45) is 0. The van der Waals surface area contributed by atoms with Gasteiger partial charge in [0.25, 0.3) is 0 Å². The monoisotopic (exact) mass is 861 g/mol. The van der Waals surface area contributed by atoms with Gasteiger partial charge in [0.1, 0.15) is 0 Å². The number of phosphoric acid groups is 1. The van der Waals surface area contributed by atoms with Crippen LogP contribution in [0.15, 0.2) is 0 Å². The zero-order valence-electron chi connectivity index (χ0n) is 12.3. The fourth-order valence-corrected chi connectivity index (χ4v) is 5.01. The Morgan fingerprint density at radius 3 is 1.81 bits per heavy atom. The Morgan fingerprint density at radius 1 is 1.14 bits per heavy atom. The van der Waals surface area contributed by atoms with Crippen LogP contribution in [0.5, 0.6) is 0 Å². The molecule has 0 spiro atoms. The minimum atomic E-state index is -4.98. The van der Waals surface area contributed by atoms with E-state index in [4.69, 9.17) is 4.89 Å². The first-order valence-electron chi connectivity index (χ1n) is 4.47. The fourth-order valence-electron chi connectivity index (χ4n) is 0.791. The molecule has 1 radical (unpaired) electrons. The summed E-state index contributed by atoms with van der Waals surface area (Å²) >= 11 is 0. The van der Waals surface area contributed by atoms with Gasteiger partial charge in [-0.2, -0.15) is 4.31 Å². The van der Waals surface area contributed by atoms with Gasteiger partial charge in [-0.25, -0.2) is 13.4 Å². The standard InChI is InChI=1S/C6H15NO8P3.Rb.Re.Rf/c1-6(8)5-7(2)17(10,11)15-18(12,13)14-16(3,4)9;;;/h5H,1-4H3,(H,10,11)(H,12,13);;;/q-1;+1;;. The topological polar surface area (TPSA) is 130 Å². The van der Waals surface area contributed by atoms with Crippen molar-refractivity contribution in [3.8, 4) is 0 Å². The van der Waals surface area contributed by atoms with Crippen LogP contribution in [0.1, 0.15) is 6.92 Å². The van der Waals surface area contributed by atoms with Crippen molar-refractivity contribution in [1.82, 2.24) is 4.67 Å². The van der Waals surface area contributed by atoms with Gasteiger partial charge in [-0.1, -0.05) is 0 Å². The second-order valence-electron chi connectivity index (χ2n) is 3.69. The van der Waals surface area contributed by atoms with Crippen LogP contribution < -0.4 is 58.2 Å². The van der Waals surface area contributed by atoms with E-state index in [9.17, 15) is 23.4 Å². The third-order valence-electron chi connectivity index (χ3n) is 1.28. The quantitative estimate of drug-likeness (QED) is 0.231. The van der Waals surface area contributed by atoms with Gasteiger partial charge < -0.3 is 19.3 Å². The molecule has 0 bridgehead atoms. The van der Waals surface area contributed by atoms with Crippen molar-refractivity contribution < 1.29 is 116 Å². The van der Waals surface area contributed by atoms with Gasteiger partial charge in [-0.15, -0.1) is 0 Å². The van der Waals surface area contributed by atoms with Gasteiger partial charge in [0.2, 0.25) is 7.37 Å². The molecule has 0 fully saturated rings. The predicted octanol–water partition coefficient (Wildman–Crippen LogP) is -1.56. The van der Waals surface area contributed by atoms with Crippen molar-refractivity contribution in [3.05, 3.63) is 6.54 Å². The molecular weight excluding hydrogens is 846 g/mol. The number of ketones is 1. The molecule has 0 saturated carbocycles. The molecule has 2 N–H and O–H groups in total. The zero-order valence-corrected chi connectivity index (χ0v) is 29.0. The van der Waals surface area contributed by atoms with Crippen molar-refractivity contribution in [2.75, 3.05) is 20.4 Å². The third-order valence-corrected chi connectivity index (χ3v) is 6.26. The Labute approximate surface area is 180 Å². The number of hydrogen-bond donors (Lipinski definition) is 2. The first-order chi connectivity index (χ1) is 7.75. The second-order valence-corrected chi connectivity index (χ2v) is 10.0. The Bertz CT molecular complexity index is 473. The van der Waals surface area contributed by atoms with E-state index in [2.05, 4.69) is 8.62 Å². The van der Waals surface area contributed by atoms with Gasteiger partial charge in [0.05, 0.1) is 0 Å². The first-order valence-corrected chi connectivity index (χ1v) is 10.0. The van der Waals surface area contributed by atoms with Crippen LogP contribution in [-0.4, -0.2) is 40.6 Å². The predicted molar refractivity (Wildman–Crippen MR) is 64.0 cm³/mol. The Balaban J connectivity index is -0.000000482. The molecule has 9 nitrogen and oxygen atoms in total. The maximum absolute atomic E-state index is 11.5. The van der Waals surface area contributed by atoms with Gasteiger partial charge in [-0.05, 0) is 14.0 Å². The number of nitrogens with zero attached hydrogens (tertiary/aromatic N) is 1. The Hall–Kier alpha value is 1.50. The van der Waals surface area contributed by atoms with Crippen molar-refractivity contribution >= 4 is 28.7 Å².